The minimum absolute atomic E-state index is 0.0530. The number of anilines is 1. The number of ether oxygens (including phenoxy) is 2. The van der Waals surface area contributed by atoms with E-state index in [9.17, 15) is 4.79 Å². The van der Waals surface area contributed by atoms with Gasteiger partial charge in [-0.2, -0.15) is 5.26 Å². The Morgan fingerprint density at radius 2 is 2.11 bits per heavy atom. The molecule has 0 saturated carbocycles. The van der Waals surface area contributed by atoms with Crippen LogP contribution in [0, 0.1) is 17.2 Å². The van der Waals surface area contributed by atoms with Crippen LogP contribution in [0.15, 0.2) is 42.5 Å². The number of hydrogen-bond donors (Lipinski definition) is 1. The van der Waals surface area contributed by atoms with E-state index in [1.165, 1.54) is 0 Å². The van der Waals surface area contributed by atoms with Gasteiger partial charge in [0.05, 0.1) is 7.11 Å². The SMILES string of the molecule is COc1ccccc1OCC(=O)NC[C@H]1CCCN(c2cccc(C#N)n2)C1. The van der Waals surface area contributed by atoms with E-state index in [0.717, 1.165) is 31.7 Å². The van der Waals surface area contributed by atoms with Gasteiger partial charge in [0.15, 0.2) is 18.1 Å². The van der Waals surface area contributed by atoms with Crippen LogP contribution < -0.4 is 19.7 Å². The third kappa shape index (κ3) is 5.13. The predicted molar refractivity (Wildman–Crippen MR) is 105 cm³/mol. The van der Waals surface area contributed by atoms with Crippen LogP contribution in [0.2, 0.25) is 0 Å². The van der Waals surface area contributed by atoms with Gasteiger partial charge in [-0.1, -0.05) is 18.2 Å². The molecule has 3 rings (SSSR count). The molecular formula is C21H24N4O3. The molecule has 1 atom stereocenters. The number of benzene rings is 1. The summed E-state index contributed by atoms with van der Waals surface area (Å²) in [6, 6.07) is 14.8. The van der Waals surface area contributed by atoms with Crippen molar-refractivity contribution < 1.29 is 14.3 Å². The van der Waals surface area contributed by atoms with Crippen molar-refractivity contribution in [1.82, 2.24) is 10.3 Å². The molecule has 146 valence electrons. The monoisotopic (exact) mass is 380 g/mol. The van der Waals surface area contributed by atoms with Crippen LogP contribution in [-0.4, -0.2) is 44.2 Å². The van der Waals surface area contributed by atoms with Gasteiger partial charge in [0.1, 0.15) is 17.6 Å². The number of aromatic nitrogens is 1. The normalized spacial score (nSPS) is 16.1. The molecule has 0 spiro atoms. The number of para-hydroxylation sites is 2. The third-order valence-electron chi connectivity index (χ3n) is 4.71. The molecule has 7 heteroatoms. The number of nitrogens with one attached hydrogen (secondary N) is 1. The van der Waals surface area contributed by atoms with Crippen molar-refractivity contribution in [2.75, 3.05) is 38.3 Å². The number of nitriles is 1. The highest BCUT2D eigenvalue weighted by Crippen LogP contribution is 2.25. The summed E-state index contributed by atoms with van der Waals surface area (Å²) in [4.78, 5) is 18.7. The molecule has 1 aliphatic heterocycles. The first-order valence-electron chi connectivity index (χ1n) is 9.34. The molecule has 1 aromatic heterocycles. The molecule has 7 nitrogen and oxygen atoms in total. The van der Waals surface area contributed by atoms with Crippen LogP contribution in [0.4, 0.5) is 5.82 Å². The van der Waals surface area contributed by atoms with Gasteiger partial charge in [0, 0.05) is 19.6 Å². The Labute approximate surface area is 164 Å². The first kappa shape index (κ1) is 19.5. The van der Waals surface area contributed by atoms with E-state index >= 15 is 0 Å². The van der Waals surface area contributed by atoms with Crippen molar-refractivity contribution in [3.8, 4) is 17.6 Å². The summed E-state index contributed by atoms with van der Waals surface area (Å²) >= 11 is 0. The Balaban J connectivity index is 1.47. The average Bonchev–Trinajstić information content (AvgIpc) is 2.76. The largest absolute Gasteiger partial charge is 0.493 e. The smallest absolute Gasteiger partial charge is 0.257 e. The van der Waals surface area contributed by atoms with Gasteiger partial charge >= 0.3 is 0 Å². The quantitative estimate of drug-likeness (QED) is 0.793. The fraction of sp³-hybridized carbons (Fsp3) is 0.381. The van der Waals surface area contributed by atoms with Crippen LogP contribution in [0.5, 0.6) is 11.5 Å². The standard InChI is InChI=1S/C21H24N4O3/c1-27-18-8-2-3-9-19(18)28-15-21(26)23-13-16-6-5-11-25(14-16)20-10-4-7-17(12-22)24-20/h2-4,7-10,16H,5-6,11,13-15H2,1H3,(H,23,26)/t16-/m1/s1. The number of methoxy groups -OCH3 is 1. The molecule has 0 aliphatic carbocycles. The van der Waals surface area contributed by atoms with E-state index in [1.54, 1.807) is 25.3 Å². The van der Waals surface area contributed by atoms with Crippen molar-refractivity contribution in [1.29, 1.82) is 5.26 Å². The first-order chi connectivity index (χ1) is 13.7. The molecule has 0 bridgehead atoms. The van der Waals surface area contributed by atoms with E-state index in [4.69, 9.17) is 14.7 Å². The summed E-state index contributed by atoms with van der Waals surface area (Å²) in [6.45, 7) is 2.24. The Morgan fingerprint density at radius 1 is 1.29 bits per heavy atom. The number of carbonyl (C=O) groups is 1. The van der Waals surface area contributed by atoms with Crippen molar-refractivity contribution in [2.45, 2.75) is 12.8 Å². The maximum atomic E-state index is 12.2. The second-order valence-corrected chi connectivity index (χ2v) is 6.69. The zero-order valence-electron chi connectivity index (χ0n) is 15.9. The van der Waals surface area contributed by atoms with Gasteiger partial charge < -0.3 is 19.7 Å². The molecule has 1 amide bonds. The molecular weight excluding hydrogens is 356 g/mol. The predicted octanol–water partition coefficient (Wildman–Crippen LogP) is 2.37. The van der Waals surface area contributed by atoms with Gasteiger partial charge in [-0.3, -0.25) is 4.79 Å². The summed E-state index contributed by atoms with van der Waals surface area (Å²) < 4.78 is 10.8. The van der Waals surface area contributed by atoms with Gasteiger partial charge in [0.2, 0.25) is 0 Å². The Hall–Kier alpha value is -3.27. The van der Waals surface area contributed by atoms with Gasteiger partial charge in [-0.15, -0.1) is 0 Å². The number of piperidine rings is 1. The third-order valence-corrected chi connectivity index (χ3v) is 4.71. The maximum Gasteiger partial charge on any atom is 0.257 e. The molecule has 1 aliphatic rings. The lowest BCUT2D eigenvalue weighted by atomic mass is 9.98. The zero-order valence-corrected chi connectivity index (χ0v) is 15.9. The highest BCUT2D eigenvalue weighted by Gasteiger charge is 2.21. The van der Waals surface area contributed by atoms with Crippen LogP contribution in [0.3, 0.4) is 0 Å². The van der Waals surface area contributed by atoms with Gasteiger partial charge in [0.25, 0.3) is 5.91 Å². The minimum atomic E-state index is -0.160. The first-order valence-corrected chi connectivity index (χ1v) is 9.34. The number of pyridine rings is 1. The van der Waals surface area contributed by atoms with E-state index in [2.05, 4.69) is 21.3 Å². The topological polar surface area (TPSA) is 87.5 Å². The van der Waals surface area contributed by atoms with E-state index in [0.29, 0.717) is 29.7 Å². The summed E-state index contributed by atoms with van der Waals surface area (Å²) in [5, 5.41) is 12.0. The van der Waals surface area contributed by atoms with E-state index in [1.807, 2.05) is 24.3 Å². The second kappa shape index (κ2) is 9.60. The van der Waals surface area contributed by atoms with Crippen LogP contribution in [-0.2, 0) is 4.79 Å². The molecule has 2 heterocycles. The van der Waals surface area contributed by atoms with Crippen LogP contribution in [0.25, 0.3) is 0 Å². The molecule has 28 heavy (non-hydrogen) atoms. The van der Waals surface area contributed by atoms with Crippen LogP contribution >= 0.6 is 0 Å². The molecule has 1 fully saturated rings. The second-order valence-electron chi connectivity index (χ2n) is 6.69. The number of nitrogens with zero attached hydrogens (tertiary/aromatic N) is 3. The van der Waals surface area contributed by atoms with E-state index < -0.39 is 0 Å². The van der Waals surface area contributed by atoms with Crippen LogP contribution in [0.1, 0.15) is 18.5 Å². The molecule has 1 N–H and O–H groups in total. The lowest BCUT2D eigenvalue weighted by molar-refractivity contribution is -0.123. The van der Waals surface area contributed by atoms with E-state index in [-0.39, 0.29) is 12.5 Å². The number of rotatable bonds is 7. The average molecular weight is 380 g/mol. The highest BCUT2D eigenvalue weighted by molar-refractivity contribution is 5.77. The Morgan fingerprint density at radius 3 is 2.89 bits per heavy atom. The molecule has 2 aromatic rings. The van der Waals surface area contributed by atoms with Crippen molar-refractivity contribution >= 4 is 11.7 Å². The van der Waals surface area contributed by atoms with Crippen molar-refractivity contribution in [3.63, 3.8) is 0 Å². The fourth-order valence-corrected chi connectivity index (χ4v) is 3.29. The number of carbonyl (C=O) groups excluding carboxylic acids is 1. The van der Waals surface area contributed by atoms with Crippen molar-refractivity contribution in [2.24, 2.45) is 5.92 Å². The zero-order chi connectivity index (χ0) is 19.8. The fourth-order valence-electron chi connectivity index (χ4n) is 3.29. The molecule has 1 saturated heterocycles. The molecule has 1 aromatic carbocycles. The minimum Gasteiger partial charge on any atom is -0.493 e. The molecule has 0 unspecified atom stereocenters. The maximum absolute atomic E-state index is 12.2. The lowest BCUT2D eigenvalue weighted by Gasteiger charge is -2.33. The molecule has 0 radical (unpaired) electrons. The number of hydrogen-bond acceptors (Lipinski definition) is 6. The summed E-state index contributed by atoms with van der Waals surface area (Å²) in [5.74, 6) is 2.14. The Bertz CT molecular complexity index is 850. The van der Waals surface area contributed by atoms with Gasteiger partial charge in [-0.05, 0) is 43.0 Å². The van der Waals surface area contributed by atoms with Gasteiger partial charge in [-0.25, -0.2) is 4.98 Å². The summed E-state index contributed by atoms with van der Waals surface area (Å²) in [5.41, 5.74) is 0.418. The van der Waals surface area contributed by atoms with Crippen molar-refractivity contribution in [3.05, 3.63) is 48.2 Å². The summed E-state index contributed by atoms with van der Waals surface area (Å²) in [6.07, 6.45) is 2.07. The highest BCUT2D eigenvalue weighted by atomic mass is 16.5. The summed E-state index contributed by atoms with van der Waals surface area (Å²) in [7, 11) is 1.57. The Kier molecular flexibility index (Phi) is 6.68. The lowest BCUT2D eigenvalue weighted by Crippen LogP contribution is -2.42. The number of amides is 1.